The highest BCUT2D eigenvalue weighted by Gasteiger charge is 1.97. The van der Waals surface area contributed by atoms with Gasteiger partial charge in [0.05, 0.1) is 5.38 Å². The van der Waals surface area contributed by atoms with E-state index < -0.39 is 0 Å². The molecule has 0 saturated heterocycles. The molecule has 1 radical (unpaired) electrons. The fourth-order valence-corrected chi connectivity index (χ4v) is 1.60. The third-order valence-electron chi connectivity index (χ3n) is 1.63. The average molecular weight is 177 g/mol. The van der Waals surface area contributed by atoms with E-state index in [9.17, 15) is 4.39 Å². The summed E-state index contributed by atoms with van der Waals surface area (Å²) < 4.78 is 12.5. The predicted molar refractivity (Wildman–Crippen MR) is 48.5 cm³/mol. The minimum absolute atomic E-state index is 0.200. The first-order valence-corrected chi connectivity index (χ1v) is 4.45. The minimum atomic E-state index is -0.200. The van der Waals surface area contributed by atoms with Crippen molar-refractivity contribution in [2.75, 3.05) is 0 Å². The molecule has 1 heterocycles. The lowest BCUT2D eigenvalue weighted by atomic mass is 10.1. The molecule has 0 spiro atoms. The van der Waals surface area contributed by atoms with E-state index in [1.807, 2.05) is 11.4 Å². The fourth-order valence-electron chi connectivity index (χ4n) is 1.02. The number of thiophene rings is 1. The number of hydrogen-bond donors (Lipinski definition) is 0. The lowest BCUT2D eigenvalue weighted by Crippen LogP contribution is -1.74. The van der Waals surface area contributed by atoms with Gasteiger partial charge in [-0.3, -0.25) is 0 Å². The van der Waals surface area contributed by atoms with Crippen LogP contribution < -0.4 is 0 Å². The van der Waals surface area contributed by atoms with Crippen LogP contribution in [0.15, 0.2) is 35.7 Å². The molecule has 0 aliphatic carbocycles. The molecule has 2 heteroatoms. The topological polar surface area (TPSA) is 0 Å². The number of hydrogen-bond acceptors (Lipinski definition) is 1. The molecule has 12 heavy (non-hydrogen) atoms. The zero-order valence-electron chi connectivity index (χ0n) is 6.25. The van der Waals surface area contributed by atoms with E-state index in [0.29, 0.717) is 0 Å². The van der Waals surface area contributed by atoms with Gasteiger partial charge in [-0.1, -0.05) is 12.1 Å². The fraction of sp³-hybridized carbons (Fsp3) is 0. The Morgan fingerprint density at radius 3 is 2.42 bits per heavy atom. The van der Waals surface area contributed by atoms with Crippen LogP contribution in [0.2, 0.25) is 0 Å². The molecule has 0 bridgehead atoms. The Hall–Kier alpha value is -1.15. The Morgan fingerprint density at radius 1 is 1.08 bits per heavy atom. The van der Waals surface area contributed by atoms with Crippen LogP contribution in [0, 0.1) is 11.2 Å². The summed E-state index contributed by atoms with van der Waals surface area (Å²) in [6.45, 7) is 0. The monoisotopic (exact) mass is 177 g/mol. The first-order valence-electron chi connectivity index (χ1n) is 3.57. The molecule has 0 atom stereocenters. The normalized spacial score (nSPS) is 10.1. The van der Waals surface area contributed by atoms with Gasteiger partial charge in [0.15, 0.2) is 0 Å². The van der Waals surface area contributed by atoms with Gasteiger partial charge in [-0.15, -0.1) is 11.3 Å². The molecular weight excluding hydrogens is 171 g/mol. The molecule has 2 rings (SSSR count). The third-order valence-corrected chi connectivity index (χ3v) is 2.24. The first-order chi connectivity index (χ1) is 5.86. The summed E-state index contributed by atoms with van der Waals surface area (Å²) in [6.07, 6.45) is 0. The maximum absolute atomic E-state index is 12.5. The molecule has 0 fully saturated rings. The largest absolute Gasteiger partial charge is 0.207 e. The van der Waals surface area contributed by atoms with Crippen molar-refractivity contribution in [2.45, 2.75) is 0 Å². The van der Waals surface area contributed by atoms with Gasteiger partial charge in [0.1, 0.15) is 5.82 Å². The van der Waals surface area contributed by atoms with E-state index >= 15 is 0 Å². The highest BCUT2D eigenvalue weighted by Crippen LogP contribution is 2.20. The van der Waals surface area contributed by atoms with Crippen molar-refractivity contribution in [3.63, 3.8) is 0 Å². The van der Waals surface area contributed by atoms with Crippen molar-refractivity contribution >= 4 is 11.3 Å². The second-order valence-corrected chi connectivity index (χ2v) is 3.16. The van der Waals surface area contributed by atoms with Crippen molar-refractivity contribution in [3.8, 4) is 11.1 Å². The molecule has 59 valence electrons. The quantitative estimate of drug-likeness (QED) is 0.626. The second kappa shape index (κ2) is 3.07. The number of halogens is 1. The van der Waals surface area contributed by atoms with Crippen LogP contribution in [0.1, 0.15) is 0 Å². The smallest absolute Gasteiger partial charge is 0.123 e. The Kier molecular flexibility index (Phi) is 1.92. The van der Waals surface area contributed by atoms with Crippen LogP contribution in [0.3, 0.4) is 0 Å². The Labute approximate surface area is 74.3 Å². The summed E-state index contributed by atoms with van der Waals surface area (Å²) in [4.78, 5) is 0. The van der Waals surface area contributed by atoms with Crippen molar-refractivity contribution in [1.29, 1.82) is 0 Å². The summed E-state index contributed by atoms with van der Waals surface area (Å²) in [6, 6.07) is 8.40. The SMILES string of the molecule is Fc1ccc(-c2[c]scc2)cc1. The Morgan fingerprint density at radius 2 is 1.83 bits per heavy atom. The molecule has 0 unspecified atom stereocenters. The van der Waals surface area contributed by atoms with E-state index in [2.05, 4.69) is 5.38 Å². The number of rotatable bonds is 1. The van der Waals surface area contributed by atoms with Gasteiger partial charge in [0.2, 0.25) is 0 Å². The maximum Gasteiger partial charge on any atom is 0.123 e. The van der Waals surface area contributed by atoms with Crippen LogP contribution >= 0.6 is 11.3 Å². The molecule has 0 nitrogen and oxygen atoms in total. The second-order valence-electron chi connectivity index (χ2n) is 2.44. The summed E-state index contributed by atoms with van der Waals surface area (Å²) in [5.74, 6) is -0.200. The Bertz CT molecular complexity index is 348. The standard InChI is InChI=1S/C10H6FS/c11-10-3-1-8(2-4-10)9-5-6-12-7-9/h1-6H. The van der Waals surface area contributed by atoms with Crippen molar-refractivity contribution in [1.82, 2.24) is 0 Å². The highest BCUT2D eigenvalue weighted by molar-refractivity contribution is 7.07. The van der Waals surface area contributed by atoms with Gasteiger partial charge in [-0.2, -0.15) is 0 Å². The highest BCUT2D eigenvalue weighted by atomic mass is 32.1. The lowest BCUT2D eigenvalue weighted by Gasteiger charge is -1.94. The van der Waals surface area contributed by atoms with Crippen molar-refractivity contribution in [2.24, 2.45) is 0 Å². The molecule has 0 amide bonds. The molecule has 2 aromatic rings. The van der Waals surface area contributed by atoms with Crippen LogP contribution in [0.4, 0.5) is 4.39 Å². The zero-order chi connectivity index (χ0) is 8.39. The molecule has 1 aromatic heterocycles. The summed E-state index contributed by atoms with van der Waals surface area (Å²) in [5, 5.41) is 5.05. The molecule has 0 saturated carbocycles. The summed E-state index contributed by atoms with van der Waals surface area (Å²) >= 11 is 1.52. The lowest BCUT2D eigenvalue weighted by molar-refractivity contribution is 0.628. The molecule has 0 aliphatic rings. The first kappa shape index (κ1) is 7.50. The predicted octanol–water partition coefficient (Wildman–Crippen LogP) is 3.35. The van der Waals surface area contributed by atoms with Crippen LogP contribution in [0.25, 0.3) is 11.1 Å². The third kappa shape index (κ3) is 1.38. The van der Waals surface area contributed by atoms with E-state index in [4.69, 9.17) is 0 Å². The summed E-state index contributed by atoms with van der Waals surface area (Å²) in [7, 11) is 0. The van der Waals surface area contributed by atoms with Crippen molar-refractivity contribution < 1.29 is 4.39 Å². The molecule has 1 aromatic carbocycles. The van der Waals surface area contributed by atoms with Gasteiger partial charge in [0, 0.05) is 5.56 Å². The van der Waals surface area contributed by atoms with Crippen molar-refractivity contribution in [3.05, 3.63) is 46.9 Å². The van der Waals surface area contributed by atoms with E-state index in [1.165, 1.54) is 23.5 Å². The van der Waals surface area contributed by atoms with Crippen LogP contribution in [-0.2, 0) is 0 Å². The van der Waals surface area contributed by atoms with Gasteiger partial charge in [-0.05, 0) is 29.1 Å². The van der Waals surface area contributed by atoms with Crippen LogP contribution in [-0.4, -0.2) is 0 Å². The van der Waals surface area contributed by atoms with E-state index in [0.717, 1.165) is 11.1 Å². The van der Waals surface area contributed by atoms with Crippen LogP contribution in [0.5, 0.6) is 0 Å². The minimum Gasteiger partial charge on any atom is -0.207 e. The Balaban J connectivity index is 2.43. The van der Waals surface area contributed by atoms with Gasteiger partial charge in [-0.25, -0.2) is 4.39 Å². The number of benzene rings is 1. The maximum atomic E-state index is 12.5. The zero-order valence-corrected chi connectivity index (χ0v) is 7.07. The molecule has 0 N–H and O–H groups in total. The molecule has 0 aliphatic heterocycles. The average Bonchev–Trinajstić information content (AvgIpc) is 2.58. The summed E-state index contributed by atoms with van der Waals surface area (Å²) in [5.41, 5.74) is 2.04. The van der Waals surface area contributed by atoms with E-state index in [1.54, 1.807) is 12.1 Å². The van der Waals surface area contributed by atoms with Gasteiger partial charge in [0.25, 0.3) is 0 Å². The van der Waals surface area contributed by atoms with E-state index in [-0.39, 0.29) is 5.82 Å². The van der Waals surface area contributed by atoms with Gasteiger partial charge >= 0.3 is 0 Å². The van der Waals surface area contributed by atoms with Gasteiger partial charge < -0.3 is 0 Å². The molecular formula is C10H6FS.